The maximum atomic E-state index is 12.5. The van der Waals surface area contributed by atoms with Gasteiger partial charge in [0.2, 0.25) is 0 Å². The van der Waals surface area contributed by atoms with Crippen molar-refractivity contribution < 1.29 is 9.53 Å². The zero-order valence-corrected chi connectivity index (χ0v) is 14.1. The summed E-state index contributed by atoms with van der Waals surface area (Å²) in [7, 11) is 0. The summed E-state index contributed by atoms with van der Waals surface area (Å²) in [4.78, 5) is 28.3. The quantitative estimate of drug-likeness (QED) is 0.789. The summed E-state index contributed by atoms with van der Waals surface area (Å²) in [5, 5.41) is 12.3. The van der Waals surface area contributed by atoms with Crippen molar-refractivity contribution in [3.63, 3.8) is 0 Å². The van der Waals surface area contributed by atoms with Crippen molar-refractivity contribution in [2.24, 2.45) is 0 Å². The molecular formula is C16H16N4O3S. The van der Waals surface area contributed by atoms with E-state index in [1.165, 1.54) is 4.57 Å². The number of carbonyl (C=O) groups excluding carboxylic acids is 1. The van der Waals surface area contributed by atoms with Gasteiger partial charge in [-0.2, -0.15) is 5.26 Å². The SMILES string of the molecule is CCOC(=O)/C(C#N)=c1\s/c(=C/Nc2cccnc2)c(=O)n1CC. The van der Waals surface area contributed by atoms with Crippen LogP contribution in [0, 0.1) is 11.3 Å². The van der Waals surface area contributed by atoms with Gasteiger partial charge in [0.25, 0.3) is 5.56 Å². The zero-order valence-electron chi connectivity index (χ0n) is 13.3. The van der Waals surface area contributed by atoms with Crippen LogP contribution in [-0.2, 0) is 16.1 Å². The van der Waals surface area contributed by atoms with Crippen LogP contribution in [-0.4, -0.2) is 22.1 Å². The van der Waals surface area contributed by atoms with Gasteiger partial charge in [0.1, 0.15) is 15.3 Å². The fourth-order valence-electron chi connectivity index (χ4n) is 1.97. The van der Waals surface area contributed by atoms with Crippen LogP contribution in [0.4, 0.5) is 5.69 Å². The summed E-state index contributed by atoms with van der Waals surface area (Å²) in [5.74, 6) is -0.727. The lowest BCUT2D eigenvalue weighted by Gasteiger charge is -2.00. The monoisotopic (exact) mass is 344 g/mol. The van der Waals surface area contributed by atoms with Crippen molar-refractivity contribution in [2.75, 3.05) is 11.9 Å². The van der Waals surface area contributed by atoms with Crippen molar-refractivity contribution >= 4 is 34.8 Å². The number of ether oxygens (including phenoxy) is 1. The van der Waals surface area contributed by atoms with Crippen LogP contribution in [0.15, 0.2) is 29.3 Å². The molecule has 124 valence electrons. The Morgan fingerprint density at radius 2 is 2.33 bits per heavy atom. The van der Waals surface area contributed by atoms with Gasteiger partial charge in [-0.3, -0.25) is 14.3 Å². The predicted molar refractivity (Wildman–Crippen MR) is 91.5 cm³/mol. The Morgan fingerprint density at radius 1 is 1.54 bits per heavy atom. The van der Waals surface area contributed by atoms with Crippen LogP contribution in [0.2, 0.25) is 0 Å². The third-order valence-electron chi connectivity index (χ3n) is 3.06. The number of rotatable bonds is 5. The minimum Gasteiger partial charge on any atom is -0.462 e. The zero-order chi connectivity index (χ0) is 17.5. The fraction of sp³-hybridized carbons (Fsp3) is 0.250. The molecule has 0 aliphatic heterocycles. The molecule has 0 saturated carbocycles. The molecule has 0 bridgehead atoms. The number of esters is 1. The summed E-state index contributed by atoms with van der Waals surface area (Å²) in [6.07, 6.45) is 4.81. The first kappa shape index (κ1) is 17.4. The molecular weight excluding hydrogens is 328 g/mol. The molecule has 0 atom stereocenters. The Balaban J connectivity index is 2.58. The van der Waals surface area contributed by atoms with Crippen molar-refractivity contribution in [1.29, 1.82) is 5.26 Å². The summed E-state index contributed by atoms with van der Waals surface area (Å²) < 4.78 is 6.95. The molecule has 2 heterocycles. The molecule has 24 heavy (non-hydrogen) atoms. The molecule has 8 heteroatoms. The second-order valence-corrected chi connectivity index (χ2v) is 5.59. The third-order valence-corrected chi connectivity index (χ3v) is 4.19. The number of aromatic nitrogens is 2. The molecule has 0 radical (unpaired) electrons. The maximum absolute atomic E-state index is 12.5. The highest BCUT2D eigenvalue weighted by Crippen LogP contribution is 2.01. The Morgan fingerprint density at radius 3 is 2.92 bits per heavy atom. The smallest absolute Gasteiger partial charge is 0.351 e. The van der Waals surface area contributed by atoms with Crippen LogP contribution in [0.1, 0.15) is 13.8 Å². The van der Waals surface area contributed by atoms with E-state index >= 15 is 0 Å². The number of thiazole rings is 1. The van der Waals surface area contributed by atoms with Crippen LogP contribution in [0.5, 0.6) is 0 Å². The predicted octanol–water partition coefficient (Wildman–Crippen LogP) is 0.412. The molecule has 0 amide bonds. The van der Waals surface area contributed by atoms with Crippen LogP contribution in [0.3, 0.4) is 0 Å². The second-order valence-electron chi connectivity index (χ2n) is 4.56. The molecule has 2 aromatic rings. The van der Waals surface area contributed by atoms with E-state index in [1.54, 1.807) is 38.5 Å². The Hall–Kier alpha value is -2.92. The molecule has 1 N–H and O–H groups in total. The minimum atomic E-state index is -0.727. The largest absolute Gasteiger partial charge is 0.462 e. The van der Waals surface area contributed by atoms with Gasteiger partial charge in [-0.1, -0.05) is 0 Å². The molecule has 0 aromatic carbocycles. The second kappa shape index (κ2) is 8.08. The summed E-state index contributed by atoms with van der Waals surface area (Å²) in [6, 6.07) is 5.41. The third kappa shape index (κ3) is 3.70. The number of nitrogens with zero attached hydrogens (tertiary/aromatic N) is 3. The topological polar surface area (TPSA) is 97.0 Å². The highest BCUT2D eigenvalue weighted by atomic mass is 32.1. The van der Waals surface area contributed by atoms with E-state index in [-0.39, 0.29) is 17.7 Å². The average Bonchev–Trinajstić information content (AvgIpc) is 2.90. The summed E-state index contributed by atoms with van der Waals surface area (Å²) in [6.45, 7) is 3.94. The van der Waals surface area contributed by atoms with Gasteiger partial charge >= 0.3 is 5.97 Å². The van der Waals surface area contributed by atoms with Crippen LogP contribution in [0.25, 0.3) is 11.8 Å². The molecule has 7 nitrogen and oxygen atoms in total. The molecule has 0 aliphatic rings. The highest BCUT2D eigenvalue weighted by molar-refractivity contribution is 7.07. The number of pyridine rings is 1. The Kier molecular flexibility index (Phi) is 5.87. The molecule has 0 spiro atoms. The first-order valence-electron chi connectivity index (χ1n) is 7.30. The van der Waals surface area contributed by atoms with Crippen molar-refractivity contribution in [3.8, 4) is 6.07 Å². The number of nitrogens with one attached hydrogen (secondary N) is 1. The van der Waals surface area contributed by atoms with E-state index in [2.05, 4.69) is 10.3 Å². The normalized spacial score (nSPS) is 12.5. The van der Waals surface area contributed by atoms with E-state index in [0.29, 0.717) is 15.7 Å². The van der Waals surface area contributed by atoms with E-state index in [4.69, 9.17) is 4.74 Å². The molecule has 2 aromatic heterocycles. The lowest BCUT2D eigenvalue weighted by Crippen LogP contribution is -2.32. The van der Waals surface area contributed by atoms with Gasteiger partial charge in [-0.05, 0) is 26.0 Å². The van der Waals surface area contributed by atoms with Gasteiger partial charge in [-0.15, -0.1) is 11.3 Å². The van der Waals surface area contributed by atoms with Gasteiger partial charge in [-0.25, -0.2) is 4.79 Å². The molecule has 0 unspecified atom stereocenters. The molecule has 2 rings (SSSR count). The maximum Gasteiger partial charge on any atom is 0.351 e. The number of carbonyl (C=O) groups is 1. The summed E-state index contributed by atoms with van der Waals surface area (Å²) in [5.41, 5.74) is 0.289. The average molecular weight is 344 g/mol. The van der Waals surface area contributed by atoms with E-state index in [0.717, 1.165) is 17.0 Å². The molecule has 0 aliphatic carbocycles. The van der Waals surface area contributed by atoms with E-state index in [9.17, 15) is 14.9 Å². The molecule has 0 saturated heterocycles. The number of anilines is 1. The number of hydrogen-bond donors (Lipinski definition) is 1. The van der Waals surface area contributed by atoms with Crippen molar-refractivity contribution in [2.45, 2.75) is 20.4 Å². The van der Waals surface area contributed by atoms with E-state index in [1.807, 2.05) is 12.1 Å². The van der Waals surface area contributed by atoms with Gasteiger partial charge in [0, 0.05) is 18.9 Å². The van der Waals surface area contributed by atoms with Crippen LogP contribution >= 0.6 is 11.3 Å². The Bertz CT molecular complexity index is 938. The first-order chi connectivity index (χ1) is 11.6. The number of nitriles is 1. The lowest BCUT2D eigenvalue weighted by molar-refractivity contribution is -0.136. The van der Waals surface area contributed by atoms with Crippen molar-refractivity contribution in [3.05, 3.63) is 44.1 Å². The highest BCUT2D eigenvalue weighted by Gasteiger charge is 2.16. The first-order valence-corrected chi connectivity index (χ1v) is 8.11. The van der Waals surface area contributed by atoms with Gasteiger partial charge in [0.05, 0.1) is 18.5 Å². The van der Waals surface area contributed by atoms with Crippen LogP contribution < -0.4 is 20.1 Å². The van der Waals surface area contributed by atoms with Gasteiger partial charge in [0.15, 0.2) is 5.57 Å². The van der Waals surface area contributed by atoms with Crippen molar-refractivity contribution in [1.82, 2.24) is 9.55 Å². The fourth-order valence-corrected chi connectivity index (χ4v) is 3.05. The Labute approximate surface area is 142 Å². The molecule has 0 fully saturated rings. The lowest BCUT2D eigenvalue weighted by atomic mass is 10.3. The minimum absolute atomic E-state index is 0.160. The number of hydrogen-bond acceptors (Lipinski definition) is 7. The van der Waals surface area contributed by atoms with E-state index < -0.39 is 5.97 Å². The van der Waals surface area contributed by atoms with Gasteiger partial charge < -0.3 is 10.1 Å². The summed E-state index contributed by atoms with van der Waals surface area (Å²) >= 11 is 1.07. The standard InChI is InChI=1S/C16H16N4O3S/c1-3-20-14(21)13(10-19-11-6-5-7-18-9-11)24-15(20)12(8-17)16(22)23-4-2/h5-7,9-10,19H,3-4H2,1-2H3/b13-10+,15-12-.